The highest BCUT2D eigenvalue weighted by molar-refractivity contribution is 6.76. The standard InChI is InChI=1S/C31H51NO4Si.C30H49NO5Si/c1-20(2)22(4)14-15-23(5)30-27(35-31(7,8)36-30)19-28(34)32-25-18-21(3)17-24(6)29(25)26(33)13-12-16-37(9,10)11;1-19-16-22(4)28(25(33)12-11-15-37(8,9)10)24(17-19)31-27(34)18-26-29(36-30(6,7)35-26)21(3)14-13-20(2)23(5)32/h14-15,17-18,20,22-23,27,30H,12-13,16,19H2,1-11H3,(H,32,34);13-14,16-17,20-21,23,26,29,32H,11-12,15,18H2,1-10H3,(H,31,34)/b15-14-;14-13-/t22-,23?,27+,30-;20-,21?,23-,26+,29-/m11/s1. The third kappa shape index (κ3) is 21.5. The molecule has 0 aliphatic carbocycles. The van der Waals surface area contributed by atoms with E-state index in [-0.39, 0.29) is 72.3 Å². The van der Waals surface area contributed by atoms with Gasteiger partial charge in [0.15, 0.2) is 23.1 Å². The molecule has 0 radical (unpaired) electrons. The van der Waals surface area contributed by atoms with E-state index >= 15 is 0 Å². The predicted octanol–water partition coefficient (Wildman–Crippen LogP) is 14.6. The fourth-order valence-corrected chi connectivity index (χ4v) is 12.2. The Balaban J connectivity index is 0.000000390. The largest absolute Gasteiger partial charge is 0.393 e. The van der Waals surface area contributed by atoms with Gasteiger partial charge in [-0.25, -0.2) is 0 Å². The Labute approximate surface area is 450 Å². The van der Waals surface area contributed by atoms with Crippen molar-refractivity contribution >= 4 is 50.9 Å². The monoisotopic (exact) mass is 1060 g/mol. The molecule has 2 aliphatic rings. The number of rotatable bonds is 24. The second-order valence-electron chi connectivity index (χ2n) is 25.7. The van der Waals surface area contributed by atoms with Crippen LogP contribution < -0.4 is 10.6 Å². The number of nitrogens with one attached hydrogen (secondary N) is 2. The van der Waals surface area contributed by atoms with Crippen molar-refractivity contribution in [1.29, 1.82) is 0 Å². The number of Topliss-reactive ketones (excluding diaryl/α,β-unsaturated/α-hetero) is 2. The number of ketones is 2. The molecule has 2 unspecified atom stereocenters. The minimum atomic E-state index is -1.22. The topological polar surface area (TPSA) is 149 Å². The second-order valence-corrected chi connectivity index (χ2v) is 36.9. The first-order valence-corrected chi connectivity index (χ1v) is 35.0. The average molecular weight is 1060 g/mol. The normalized spacial score (nSPS) is 21.8. The van der Waals surface area contributed by atoms with E-state index in [2.05, 4.69) is 89.8 Å². The number of aliphatic hydroxyl groups is 1. The van der Waals surface area contributed by atoms with Crippen molar-refractivity contribution < 1.29 is 43.2 Å². The van der Waals surface area contributed by atoms with Crippen LogP contribution in [0.3, 0.4) is 0 Å². The molecule has 0 bridgehead atoms. The lowest BCUT2D eigenvalue weighted by Gasteiger charge is -2.22. The molecule has 2 heterocycles. The highest BCUT2D eigenvalue weighted by Crippen LogP contribution is 2.37. The van der Waals surface area contributed by atoms with E-state index in [1.165, 1.54) is 0 Å². The first-order chi connectivity index (χ1) is 34.0. The summed E-state index contributed by atoms with van der Waals surface area (Å²) in [6.45, 7) is 43.8. The number of carbonyl (C=O) groups excluding carboxylic acids is 4. The number of ether oxygens (including phenoxy) is 4. The Kier molecular flexibility index (Phi) is 24.2. The predicted molar refractivity (Wildman–Crippen MR) is 311 cm³/mol. The first-order valence-electron chi connectivity index (χ1n) is 27.6. The molecule has 11 nitrogen and oxygen atoms in total. The van der Waals surface area contributed by atoms with E-state index in [0.29, 0.717) is 47.2 Å². The molecular formula is C61H100N2O9Si2. The molecule has 3 N–H and O–H groups in total. The molecule has 9 atom stereocenters. The summed E-state index contributed by atoms with van der Waals surface area (Å²) in [5, 5.41) is 15.9. The van der Waals surface area contributed by atoms with Gasteiger partial charge in [0.2, 0.25) is 11.8 Å². The maximum Gasteiger partial charge on any atom is 0.227 e. The second kappa shape index (κ2) is 27.7. The first kappa shape index (κ1) is 64.7. The van der Waals surface area contributed by atoms with E-state index in [4.69, 9.17) is 18.9 Å². The summed E-state index contributed by atoms with van der Waals surface area (Å²) in [5.74, 6) is -0.598. The van der Waals surface area contributed by atoms with Crippen LogP contribution in [0.25, 0.3) is 0 Å². The van der Waals surface area contributed by atoms with Gasteiger partial charge in [-0.05, 0) is 127 Å². The molecule has 2 saturated heterocycles. The SMILES string of the molecule is Cc1cc(C)c(C(=O)CCC[Si](C)(C)C)c(NC(=O)C[C@@H]2OC(C)(C)O[C@@H]2C(C)/C=C\[C@@H](C)C(C)C)c1.Cc1cc(C)c(C(=O)CCC[Si](C)(C)C)c(NC(=O)C[C@@H]2OC(C)(C)O[C@@H]2C(C)/C=C\[C@@H](C)[C@@H](C)O)c1. The number of aryl methyl sites for hydroxylation is 4. The molecule has 4 rings (SSSR count). The average Bonchev–Trinajstić information content (AvgIpc) is 3.72. The summed E-state index contributed by atoms with van der Waals surface area (Å²) in [6.07, 6.45) is 9.70. The zero-order valence-electron chi connectivity index (χ0n) is 49.8. The highest BCUT2D eigenvalue weighted by atomic mass is 28.3. The molecule has 74 heavy (non-hydrogen) atoms. The van der Waals surface area contributed by atoms with Gasteiger partial charge >= 0.3 is 0 Å². The van der Waals surface area contributed by atoms with Crippen LogP contribution >= 0.6 is 0 Å². The minimum absolute atomic E-state index is 0.00880. The van der Waals surface area contributed by atoms with Crippen LogP contribution in [0.5, 0.6) is 0 Å². The summed E-state index contributed by atoms with van der Waals surface area (Å²) >= 11 is 0. The van der Waals surface area contributed by atoms with Crippen molar-refractivity contribution in [2.24, 2.45) is 29.6 Å². The molecular weight excluding hydrogens is 961 g/mol. The van der Waals surface area contributed by atoms with Gasteiger partial charge in [0.1, 0.15) is 0 Å². The zero-order chi connectivity index (χ0) is 56.3. The van der Waals surface area contributed by atoms with E-state index in [9.17, 15) is 24.3 Å². The minimum Gasteiger partial charge on any atom is -0.393 e. The number of aliphatic hydroxyl groups excluding tert-OH is 1. The van der Waals surface area contributed by atoms with Crippen molar-refractivity contribution in [2.45, 2.75) is 236 Å². The molecule has 0 saturated carbocycles. The van der Waals surface area contributed by atoms with Crippen molar-refractivity contribution in [1.82, 2.24) is 0 Å². The van der Waals surface area contributed by atoms with Crippen LogP contribution in [0.15, 0.2) is 48.6 Å². The van der Waals surface area contributed by atoms with Crippen LogP contribution in [-0.4, -0.2) is 86.7 Å². The Bertz CT molecular complexity index is 2110. The van der Waals surface area contributed by atoms with Gasteiger partial charge in [-0.1, -0.05) is 129 Å². The summed E-state index contributed by atoms with van der Waals surface area (Å²) in [5.41, 5.74) is 6.24. The van der Waals surface area contributed by atoms with E-state index in [0.717, 1.165) is 47.2 Å². The fraction of sp³-hybridized carbons (Fsp3) is 0.672. The van der Waals surface area contributed by atoms with Crippen molar-refractivity contribution in [3.63, 3.8) is 0 Å². The summed E-state index contributed by atoms with van der Waals surface area (Å²) in [6, 6.07) is 10.0. The Morgan fingerprint density at radius 1 is 0.568 bits per heavy atom. The molecule has 0 spiro atoms. The Hall–Kier alpha value is -3.57. The molecule has 13 heteroatoms. The quantitative estimate of drug-likeness (QED) is 0.0530. The number of benzene rings is 2. The number of allylic oxidation sites excluding steroid dienone is 1. The highest BCUT2D eigenvalue weighted by Gasteiger charge is 2.45. The zero-order valence-corrected chi connectivity index (χ0v) is 51.8. The number of anilines is 2. The molecule has 0 aromatic heterocycles. The smallest absolute Gasteiger partial charge is 0.227 e. The lowest BCUT2D eigenvalue weighted by Crippen LogP contribution is -2.32. The van der Waals surface area contributed by atoms with Crippen molar-refractivity contribution in [3.05, 3.63) is 82.0 Å². The summed E-state index contributed by atoms with van der Waals surface area (Å²) < 4.78 is 24.7. The summed E-state index contributed by atoms with van der Waals surface area (Å²) in [7, 11) is -2.43. The molecule has 2 aliphatic heterocycles. The van der Waals surface area contributed by atoms with Gasteiger partial charge in [-0.3, -0.25) is 19.2 Å². The lowest BCUT2D eigenvalue weighted by atomic mass is 9.92. The maximum absolute atomic E-state index is 13.3. The van der Waals surface area contributed by atoms with E-state index in [1.54, 1.807) is 6.92 Å². The molecule has 2 fully saturated rings. The number of amides is 2. The van der Waals surface area contributed by atoms with E-state index in [1.807, 2.05) is 106 Å². The molecule has 416 valence electrons. The maximum atomic E-state index is 13.3. The van der Waals surface area contributed by atoms with Gasteiger partial charge in [-0.15, -0.1) is 0 Å². The third-order valence-corrected chi connectivity index (χ3v) is 17.9. The van der Waals surface area contributed by atoms with Crippen LogP contribution in [-0.2, 0) is 28.5 Å². The summed E-state index contributed by atoms with van der Waals surface area (Å²) in [4.78, 5) is 52.9. The third-order valence-electron chi connectivity index (χ3n) is 14.2. The van der Waals surface area contributed by atoms with Crippen LogP contribution in [0.4, 0.5) is 11.4 Å². The molecule has 2 aromatic carbocycles. The van der Waals surface area contributed by atoms with Gasteiger partial charge in [0.25, 0.3) is 0 Å². The Morgan fingerprint density at radius 2 is 0.919 bits per heavy atom. The molecule has 2 amide bonds. The van der Waals surface area contributed by atoms with Gasteiger partial charge in [0, 0.05) is 52.0 Å². The van der Waals surface area contributed by atoms with Crippen molar-refractivity contribution in [2.75, 3.05) is 10.6 Å². The van der Waals surface area contributed by atoms with Crippen LogP contribution in [0.2, 0.25) is 51.4 Å². The Morgan fingerprint density at radius 3 is 1.24 bits per heavy atom. The van der Waals surface area contributed by atoms with Crippen LogP contribution in [0.1, 0.15) is 158 Å². The number of hydrogen-bond acceptors (Lipinski definition) is 9. The lowest BCUT2D eigenvalue weighted by molar-refractivity contribution is -0.150. The number of carbonyl (C=O) groups is 4. The fourth-order valence-electron chi connectivity index (χ4n) is 9.69. The van der Waals surface area contributed by atoms with Gasteiger partial charge in [0.05, 0.1) is 54.7 Å². The van der Waals surface area contributed by atoms with Crippen molar-refractivity contribution in [3.8, 4) is 0 Å². The number of hydrogen-bond donors (Lipinski definition) is 3. The van der Waals surface area contributed by atoms with Gasteiger partial charge < -0.3 is 34.7 Å². The molecule has 2 aromatic rings. The van der Waals surface area contributed by atoms with E-state index < -0.39 is 39.9 Å². The van der Waals surface area contributed by atoms with Gasteiger partial charge in [-0.2, -0.15) is 0 Å². The van der Waals surface area contributed by atoms with Crippen LogP contribution in [0, 0.1) is 57.3 Å².